The van der Waals surface area contributed by atoms with Crippen molar-refractivity contribution >= 4 is 27.8 Å². The Morgan fingerprint density at radius 2 is 1.97 bits per heavy atom. The molecule has 2 atom stereocenters. The van der Waals surface area contributed by atoms with Gasteiger partial charge in [0, 0.05) is 24.2 Å². The van der Waals surface area contributed by atoms with Gasteiger partial charge in [-0.05, 0) is 73.2 Å². The first-order chi connectivity index (χ1) is 18.1. The van der Waals surface area contributed by atoms with Gasteiger partial charge in [0.25, 0.3) is 0 Å². The van der Waals surface area contributed by atoms with Crippen molar-refractivity contribution in [3.05, 3.63) is 76.0 Å². The zero-order valence-electron chi connectivity index (χ0n) is 21.6. The van der Waals surface area contributed by atoms with E-state index >= 15 is 0 Å². The van der Waals surface area contributed by atoms with Gasteiger partial charge in [0.05, 0.1) is 15.7 Å². The summed E-state index contributed by atoms with van der Waals surface area (Å²) in [5.41, 5.74) is 6.57. The highest BCUT2D eigenvalue weighted by atomic mass is 79.9. The van der Waals surface area contributed by atoms with Crippen LogP contribution in [0, 0.1) is 23.1 Å². The van der Waals surface area contributed by atoms with Gasteiger partial charge in [-0.1, -0.05) is 36.4 Å². The average molecular weight is 581 g/mol. The van der Waals surface area contributed by atoms with E-state index in [0.717, 1.165) is 23.8 Å². The number of primary amides is 1. The molecular weight excluding hydrogens is 551 g/mol. The molecule has 2 heterocycles. The van der Waals surface area contributed by atoms with E-state index in [1.165, 1.54) is 25.0 Å². The van der Waals surface area contributed by atoms with E-state index in [1.807, 2.05) is 42.5 Å². The molecule has 5 rings (SSSR count). The summed E-state index contributed by atoms with van der Waals surface area (Å²) in [5, 5.41) is 9.04. The molecule has 1 aliphatic carbocycles. The van der Waals surface area contributed by atoms with E-state index in [-0.39, 0.29) is 5.56 Å². The van der Waals surface area contributed by atoms with Gasteiger partial charge in [0.15, 0.2) is 0 Å². The Morgan fingerprint density at radius 3 is 2.50 bits per heavy atom. The lowest BCUT2D eigenvalue weighted by molar-refractivity contribution is 0.0600. The molecule has 1 aliphatic heterocycles. The van der Waals surface area contributed by atoms with Crippen molar-refractivity contribution in [2.75, 3.05) is 11.4 Å². The SMILES string of the molecule is CC(C)(C)OC(N)=O.N#Cc1ccc(-c2nc(N3CCC4CC43)cc(OCc3ccccc3)c2Br)cc1F. The maximum atomic E-state index is 14.3. The van der Waals surface area contributed by atoms with Crippen LogP contribution in [0.4, 0.5) is 15.0 Å². The first kappa shape index (κ1) is 27.4. The molecule has 2 N–H and O–H groups in total. The molecule has 0 bridgehead atoms. The summed E-state index contributed by atoms with van der Waals surface area (Å²) in [7, 11) is 0. The van der Waals surface area contributed by atoms with Crippen LogP contribution in [0.5, 0.6) is 5.75 Å². The summed E-state index contributed by atoms with van der Waals surface area (Å²) >= 11 is 3.63. The number of hydrogen-bond acceptors (Lipinski definition) is 6. The molecule has 38 heavy (non-hydrogen) atoms. The zero-order valence-corrected chi connectivity index (χ0v) is 23.2. The molecule has 2 aromatic carbocycles. The normalized spacial score (nSPS) is 17.5. The van der Waals surface area contributed by atoms with Crippen LogP contribution in [0.15, 0.2) is 59.1 Å². The molecule has 2 aliphatic rings. The molecule has 3 aromatic rings. The van der Waals surface area contributed by atoms with E-state index < -0.39 is 17.5 Å². The van der Waals surface area contributed by atoms with Crippen LogP contribution >= 0.6 is 15.9 Å². The lowest BCUT2D eigenvalue weighted by Crippen LogP contribution is -2.27. The molecular formula is C29H30BrFN4O3. The van der Waals surface area contributed by atoms with E-state index in [1.54, 1.807) is 26.8 Å². The number of nitriles is 1. The predicted molar refractivity (Wildman–Crippen MR) is 147 cm³/mol. The number of aromatic nitrogens is 1. The lowest BCUT2D eigenvalue weighted by Gasteiger charge is -2.22. The summed E-state index contributed by atoms with van der Waals surface area (Å²) in [4.78, 5) is 17.2. The standard InChI is InChI=1S/C24H19BrFN3O.C5H11NO2/c25-23-21(30-14-15-4-2-1-3-5-15)12-22(29-9-8-16-11-20(16)29)28-24(23)17-6-7-18(13-27)19(26)10-17;1-5(2,3)8-4(6)7/h1-7,10,12,16,20H,8-9,11,14H2;1-3H3,(H2,6,7). The number of hydrogen-bond donors (Lipinski definition) is 1. The smallest absolute Gasteiger partial charge is 0.405 e. The maximum Gasteiger partial charge on any atom is 0.405 e. The Hall–Kier alpha value is -3.64. The van der Waals surface area contributed by atoms with Crippen LogP contribution in [-0.4, -0.2) is 29.3 Å². The van der Waals surface area contributed by atoms with Crippen LogP contribution in [0.3, 0.4) is 0 Å². The molecule has 2 unspecified atom stereocenters. The van der Waals surface area contributed by atoms with Gasteiger partial charge in [-0.3, -0.25) is 0 Å². The number of nitrogens with two attached hydrogens (primary N) is 1. The Labute approximate surface area is 230 Å². The van der Waals surface area contributed by atoms with Gasteiger partial charge >= 0.3 is 6.09 Å². The van der Waals surface area contributed by atoms with Crippen LogP contribution in [0.2, 0.25) is 0 Å². The van der Waals surface area contributed by atoms with Gasteiger partial charge in [-0.15, -0.1) is 0 Å². The first-order valence-corrected chi connectivity index (χ1v) is 13.2. The number of carbonyl (C=O) groups excluding carboxylic acids is 1. The number of pyridine rings is 1. The number of anilines is 1. The number of nitrogens with zero attached hydrogens (tertiary/aromatic N) is 3. The largest absolute Gasteiger partial charge is 0.488 e. The lowest BCUT2D eigenvalue weighted by atomic mass is 10.1. The van der Waals surface area contributed by atoms with E-state index in [2.05, 4.69) is 25.6 Å². The topological polar surface area (TPSA) is 101 Å². The first-order valence-electron chi connectivity index (χ1n) is 12.4. The predicted octanol–water partition coefficient (Wildman–Crippen LogP) is 6.58. The molecule has 1 saturated carbocycles. The maximum absolute atomic E-state index is 14.3. The van der Waals surface area contributed by atoms with Crippen molar-refractivity contribution in [2.45, 2.75) is 51.9 Å². The monoisotopic (exact) mass is 580 g/mol. The van der Waals surface area contributed by atoms with Crippen molar-refractivity contribution in [2.24, 2.45) is 11.7 Å². The Kier molecular flexibility index (Phi) is 8.22. The van der Waals surface area contributed by atoms with Gasteiger partial charge in [-0.25, -0.2) is 14.2 Å². The van der Waals surface area contributed by atoms with Crippen molar-refractivity contribution in [1.82, 2.24) is 4.98 Å². The van der Waals surface area contributed by atoms with Gasteiger partial charge in [0.2, 0.25) is 0 Å². The van der Waals surface area contributed by atoms with Crippen LogP contribution < -0.4 is 15.4 Å². The van der Waals surface area contributed by atoms with Crippen molar-refractivity contribution in [3.63, 3.8) is 0 Å². The second kappa shape index (κ2) is 11.4. The quantitative estimate of drug-likeness (QED) is 0.365. The molecule has 2 fully saturated rings. The zero-order chi connectivity index (χ0) is 27.4. The third kappa shape index (κ3) is 6.81. The summed E-state index contributed by atoms with van der Waals surface area (Å²) < 4.78 is 25.7. The number of benzene rings is 2. The number of ether oxygens (including phenoxy) is 2. The van der Waals surface area contributed by atoms with E-state index in [4.69, 9.17) is 20.7 Å². The number of rotatable bonds is 5. The third-order valence-electron chi connectivity index (χ3n) is 6.24. The fourth-order valence-corrected chi connectivity index (χ4v) is 4.95. The average Bonchev–Trinajstić information content (AvgIpc) is 3.52. The molecule has 0 spiro atoms. The molecule has 1 aromatic heterocycles. The molecule has 198 valence electrons. The van der Waals surface area contributed by atoms with Crippen LogP contribution in [0.1, 0.15) is 44.7 Å². The number of carbonyl (C=O) groups is 1. The van der Waals surface area contributed by atoms with Gasteiger partial charge < -0.3 is 20.1 Å². The molecule has 9 heteroatoms. The van der Waals surface area contributed by atoms with Crippen molar-refractivity contribution in [1.29, 1.82) is 5.26 Å². The van der Waals surface area contributed by atoms with Gasteiger partial charge in [0.1, 0.15) is 35.7 Å². The third-order valence-corrected chi connectivity index (χ3v) is 7.00. The Morgan fingerprint density at radius 1 is 1.24 bits per heavy atom. The fourth-order valence-electron chi connectivity index (χ4n) is 4.41. The summed E-state index contributed by atoms with van der Waals surface area (Å²) in [6.07, 6.45) is 1.67. The summed E-state index contributed by atoms with van der Waals surface area (Å²) in [6, 6.07) is 18.9. The van der Waals surface area contributed by atoms with Crippen LogP contribution in [0.25, 0.3) is 11.3 Å². The van der Waals surface area contributed by atoms with Crippen molar-refractivity contribution < 1.29 is 18.7 Å². The number of halogens is 2. The molecule has 7 nitrogen and oxygen atoms in total. The summed E-state index contributed by atoms with van der Waals surface area (Å²) in [6.45, 7) is 6.69. The Bertz CT molecular complexity index is 1350. The highest BCUT2D eigenvalue weighted by molar-refractivity contribution is 9.10. The summed E-state index contributed by atoms with van der Waals surface area (Å²) in [5.74, 6) is 1.74. The Balaban J connectivity index is 0.000000368. The second-order valence-corrected chi connectivity index (χ2v) is 11.1. The molecule has 1 saturated heterocycles. The highest BCUT2D eigenvalue weighted by Gasteiger charge is 2.47. The van der Waals surface area contributed by atoms with Crippen molar-refractivity contribution in [3.8, 4) is 23.1 Å². The molecule has 0 radical (unpaired) electrons. The van der Waals surface area contributed by atoms with E-state index in [9.17, 15) is 9.18 Å². The van der Waals surface area contributed by atoms with E-state index in [0.29, 0.717) is 34.1 Å². The highest BCUT2D eigenvalue weighted by Crippen LogP contribution is 2.48. The number of piperidine rings is 1. The minimum Gasteiger partial charge on any atom is -0.488 e. The fraction of sp³-hybridized carbons (Fsp3) is 0.345. The van der Waals surface area contributed by atoms with Crippen LogP contribution in [-0.2, 0) is 11.3 Å². The van der Waals surface area contributed by atoms with Gasteiger partial charge in [-0.2, -0.15) is 5.26 Å². The minimum absolute atomic E-state index is 0.0203. The minimum atomic E-state index is -0.725. The molecule has 1 amide bonds. The number of amides is 1. The number of fused-ring (bicyclic) bond motifs is 1. The second-order valence-electron chi connectivity index (χ2n) is 10.3.